The fraction of sp³-hybridized carbons (Fsp3) is 0.879. The van der Waals surface area contributed by atoms with Crippen LogP contribution in [-0.2, 0) is 14.3 Å². The molecule has 0 rings (SSSR count). The maximum atomic E-state index is 12.5. The molecule has 0 aliphatic carbocycles. The molecule has 0 spiro atoms. The highest BCUT2D eigenvalue weighted by Crippen LogP contribution is 2.18. The number of aliphatic hydroxyl groups excluding tert-OH is 2. The van der Waals surface area contributed by atoms with Crippen LogP contribution in [0.1, 0.15) is 348 Å². The highest BCUT2D eigenvalue weighted by molar-refractivity contribution is 5.76. The molecule has 1 amide bonds. The Hall–Kier alpha value is -1.92. The molecule has 0 saturated carbocycles. The van der Waals surface area contributed by atoms with Gasteiger partial charge in [0.15, 0.2) is 0 Å². The molecule has 6 nitrogen and oxygen atoms in total. The summed E-state index contributed by atoms with van der Waals surface area (Å²) in [6.45, 7) is 4.92. The second-order valence-electron chi connectivity index (χ2n) is 22.1. The summed E-state index contributed by atoms with van der Waals surface area (Å²) in [4.78, 5) is 24.5. The molecule has 424 valence electrons. The fourth-order valence-electron chi connectivity index (χ4n) is 9.95. The average molecular weight is 1010 g/mol. The molecule has 0 saturated heterocycles. The Morgan fingerprint density at radius 1 is 0.389 bits per heavy atom. The third kappa shape index (κ3) is 57.4. The number of allylic oxidation sites excluding steroid dienone is 6. The van der Waals surface area contributed by atoms with E-state index < -0.39 is 12.1 Å². The molecule has 3 N–H and O–H groups in total. The van der Waals surface area contributed by atoms with E-state index >= 15 is 0 Å². The number of hydrogen-bond donors (Lipinski definition) is 3. The number of aliphatic hydroxyl groups is 2. The largest absolute Gasteiger partial charge is 0.466 e. The van der Waals surface area contributed by atoms with Crippen molar-refractivity contribution in [1.82, 2.24) is 5.32 Å². The van der Waals surface area contributed by atoms with Gasteiger partial charge in [-0.2, -0.15) is 0 Å². The topological polar surface area (TPSA) is 95.9 Å². The van der Waals surface area contributed by atoms with Gasteiger partial charge in [0.05, 0.1) is 25.4 Å². The van der Waals surface area contributed by atoms with E-state index in [1.54, 1.807) is 0 Å². The Balaban J connectivity index is 3.40. The maximum absolute atomic E-state index is 12.5. The van der Waals surface area contributed by atoms with E-state index in [1.807, 2.05) is 0 Å². The normalized spacial score (nSPS) is 12.8. The fourth-order valence-corrected chi connectivity index (χ4v) is 9.95. The first-order valence-electron chi connectivity index (χ1n) is 32.2. The molecular formula is C66H125NO5. The molecule has 2 atom stereocenters. The Morgan fingerprint density at radius 3 is 1.11 bits per heavy atom. The summed E-state index contributed by atoms with van der Waals surface area (Å²) in [5, 5.41) is 23.3. The standard InChI is InChI=1S/C66H125NO5/c1-3-5-7-9-11-13-15-17-19-31-34-38-42-46-50-54-58-64(69)63(62-68)67-65(70)59-55-51-47-43-39-35-32-29-27-25-23-21-20-22-24-26-28-30-33-37-41-45-49-53-57-61-72-66(71)60-56-52-48-44-40-36-18-16-14-12-10-8-6-4-2/h10,12,16,18,21,23,63-64,68-69H,3-9,11,13-15,17,19-20,22,24-62H2,1-2H3,(H,67,70)/b12-10-,18-16-,23-21-. The van der Waals surface area contributed by atoms with E-state index in [0.717, 1.165) is 51.4 Å². The van der Waals surface area contributed by atoms with E-state index in [0.29, 0.717) is 25.9 Å². The molecule has 0 aromatic carbocycles. The van der Waals surface area contributed by atoms with Crippen molar-refractivity contribution in [3.8, 4) is 0 Å². The predicted octanol–water partition coefficient (Wildman–Crippen LogP) is 20.4. The molecule has 0 aromatic heterocycles. The minimum absolute atomic E-state index is 0.00105. The van der Waals surface area contributed by atoms with Gasteiger partial charge in [0.25, 0.3) is 0 Å². The Labute approximate surface area is 449 Å². The number of esters is 1. The zero-order valence-corrected chi connectivity index (χ0v) is 48.4. The quantitative estimate of drug-likeness (QED) is 0.0320. The van der Waals surface area contributed by atoms with Crippen molar-refractivity contribution >= 4 is 11.9 Å². The minimum Gasteiger partial charge on any atom is -0.466 e. The first-order valence-corrected chi connectivity index (χ1v) is 32.2. The van der Waals surface area contributed by atoms with E-state index in [4.69, 9.17) is 4.74 Å². The number of carbonyl (C=O) groups excluding carboxylic acids is 2. The number of rotatable bonds is 60. The van der Waals surface area contributed by atoms with Crippen LogP contribution in [0.4, 0.5) is 0 Å². The molecule has 0 heterocycles. The second kappa shape index (κ2) is 61.6. The van der Waals surface area contributed by atoms with Gasteiger partial charge in [-0.25, -0.2) is 0 Å². The molecular weight excluding hydrogens is 887 g/mol. The Morgan fingerprint density at radius 2 is 0.708 bits per heavy atom. The monoisotopic (exact) mass is 1010 g/mol. The molecule has 2 unspecified atom stereocenters. The molecule has 0 radical (unpaired) electrons. The Bertz CT molecular complexity index is 1170. The van der Waals surface area contributed by atoms with Gasteiger partial charge in [-0.3, -0.25) is 9.59 Å². The zero-order valence-electron chi connectivity index (χ0n) is 48.4. The predicted molar refractivity (Wildman–Crippen MR) is 315 cm³/mol. The van der Waals surface area contributed by atoms with Gasteiger partial charge in [0, 0.05) is 12.8 Å². The number of amides is 1. The van der Waals surface area contributed by atoms with Gasteiger partial charge in [-0.05, 0) is 77.0 Å². The summed E-state index contributed by atoms with van der Waals surface area (Å²) < 4.78 is 5.47. The molecule has 0 aromatic rings. The molecule has 0 bridgehead atoms. The summed E-state index contributed by atoms with van der Waals surface area (Å²) in [5.41, 5.74) is 0. The lowest BCUT2D eigenvalue weighted by Gasteiger charge is -2.22. The number of nitrogens with one attached hydrogen (secondary N) is 1. The summed E-state index contributed by atoms with van der Waals surface area (Å²) in [7, 11) is 0. The maximum Gasteiger partial charge on any atom is 0.305 e. The summed E-state index contributed by atoms with van der Waals surface area (Å²) >= 11 is 0. The number of carbonyl (C=O) groups is 2. The summed E-state index contributed by atoms with van der Waals surface area (Å²) in [6, 6.07) is -0.544. The third-order valence-corrected chi connectivity index (χ3v) is 14.9. The lowest BCUT2D eigenvalue weighted by Crippen LogP contribution is -2.45. The van der Waals surface area contributed by atoms with Crippen LogP contribution in [0, 0.1) is 0 Å². The molecule has 0 aliphatic rings. The van der Waals surface area contributed by atoms with Crippen molar-refractivity contribution in [2.24, 2.45) is 0 Å². The first kappa shape index (κ1) is 70.1. The number of hydrogen-bond acceptors (Lipinski definition) is 5. The smallest absolute Gasteiger partial charge is 0.305 e. The van der Waals surface area contributed by atoms with Crippen molar-refractivity contribution in [2.45, 2.75) is 360 Å². The van der Waals surface area contributed by atoms with Gasteiger partial charge in [-0.1, -0.05) is 294 Å². The molecule has 72 heavy (non-hydrogen) atoms. The molecule has 0 aliphatic heterocycles. The van der Waals surface area contributed by atoms with Crippen LogP contribution < -0.4 is 5.32 Å². The lowest BCUT2D eigenvalue weighted by molar-refractivity contribution is -0.143. The Kier molecular flexibility index (Phi) is 60.0. The molecule has 0 fully saturated rings. The second-order valence-corrected chi connectivity index (χ2v) is 22.1. The van der Waals surface area contributed by atoms with Gasteiger partial charge < -0.3 is 20.3 Å². The van der Waals surface area contributed by atoms with Crippen LogP contribution in [0.25, 0.3) is 0 Å². The van der Waals surface area contributed by atoms with Crippen LogP contribution in [0.3, 0.4) is 0 Å². The average Bonchev–Trinajstić information content (AvgIpc) is 3.38. The van der Waals surface area contributed by atoms with Crippen molar-refractivity contribution in [3.63, 3.8) is 0 Å². The number of ether oxygens (including phenoxy) is 1. The highest BCUT2D eigenvalue weighted by Gasteiger charge is 2.20. The SMILES string of the molecule is CCCC/C=C\C/C=C\CCCCCCCC(=O)OCCCCCCCCCCCCCC/C=C\CCCCCCCCCCCC(=O)NC(CO)C(O)CCCCCCCCCCCCCCCCCC. The lowest BCUT2D eigenvalue weighted by atomic mass is 10.0. The van der Waals surface area contributed by atoms with Gasteiger partial charge in [0.1, 0.15) is 0 Å². The van der Waals surface area contributed by atoms with Gasteiger partial charge in [0.2, 0.25) is 5.91 Å². The third-order valence-electron chi connectivity index (χ3n) is 14.9. The van der Waals surface area contributed by atoms with Crippen molar-refractivity contribution in [2.75, 3.05) is 13.2 Å². The zero-order chi connectivity index (χ0) is 52.2. The van der Waals surface area contributed by atoms with Crippen LogP contribution in [-0.4, -0.2) is 47.4 Å². The van der Waals surface area contributed by atoms with Gasteiger partial charge >= 0.3 is 5.97 Å². The first-order chi connectivity index (χ1) is 35.5. The van der Waals surface area contributed by atoms with Crippen molar-refractivity contribution in [1.29, 1.82) is 0 Å². The summed E-state index contributed by atoms with van der Waals surface area (Å²) in [5.74, 6) is -0.0372. The molecule has 6 heteroatoms. The van der Waals surface area contributed by atoms with Crippen molar-refractivity contribution < 1.29 is 24.5 Å². The minimum atomic E-state index is -0.666. The van der Waals surface area contributed by atoms with Gasteiger partial charge in [-0.15, -0.1) is 0 Å². The van der Waals surface area contributed by atoms with E-state index in [9.17, 15) is 19.8 Å². The van der Waals surface area contributed by atoms with Crippen LogP contribution in [0.2, 0.25) is 0 Å². The van der Waals surface area contributed by atoms with E-state index in [1.165, 1.54) is 263 Å². The summed E-state index contributed by atoms with van der Waals surface area (Å²) in [6.07, 6.45) is 77.3. The highest BCUT2D eigenvalue weighted by atomic mass is 16.5. The van der Waals surface area contributed by atoms with E-state index in [-0.39, 0.29) is 18.5 Å². The van der Waals surface area contributed by atoms with E-state index in [2.05, 4.69) is 55.6 Å². The van der Waals surface area contributed by atoms with Crippen LogP contribution >= 0.6 is 0 Å². The number of unbranched alkanes of at least 4 members (excludes halogenated alkanes) is 43. The van der Waals surface area contributed by atoms with Crippen molar-refractivity contribution in [3.05, 3.63) is 36.5 Å². The van der Waals surface area contributed by atoms with Crippen LogP contribution in [0.5, 0.6) is 0 Å². The van der Waals surface area contributed by atoms with Crippen LogP contribution in [0.15, 0.2) is 36.5 Å².